The predicted molar refractivity (Wildman–Crippen MR) is 114 cm³/mol. The van der Waals surface area contributed by atoms with Gasteiger partial charge in [0.1, 0.15) is 0 Å². The fraction of sp³-hybridized carbons (Fsp3) is 0.182. The first-order chi connectivity index (χ1) is 13.7. The number of fused-ring (bicyclic) bond motifs is 1. The maximum Gasteiger partial charge on any atom is 0.231 e. The molecular weight excluding hydrogens is 388 g/mol. The van der Waals surface area contributed by atoms with Crippen LogP contribution in [0.25, 0.3) is 32.5 Å². The SMILES string of the molecule is CCc1ccc(-c2nc(-c3nc(-c4ccc5c(c4)OCO5)cs3)sc2C)cc1. The summed E-state index contributed by atoms with van der Waals surface area (Å²) in [7, 11) is 0. The summed E-state index contributed by atoms with van der Waals surface area (Å²) in [5.74, 6) is 1.56. The lowest BCUT2D eigenvalue weighted by Gasteiger charge is -2.00. The maximum absolute atomic E-state index is 5.48. The van der Waals surface area contributed by atoms with Gasteiger partial charge in [-0.3, -0.25) is 0 Å². The van der Waals surface area contributed by atoms with Gasteiger partial charge in [-0.1, -0.05) is 31.2 Å². The van der Waals surface area contributed by atoms with Crippen LogP contribution in [0.4, 0.5) is 0 Å². The summed E-state index contributed by atoms with van der Waals surface area (Å²) in [5, 5.41) is 3.97. The Morgan fingerprint density at radius 1 is 0.929 bits per heavy atom. The highest BCUT2D eigenvalue weighted by molar-refractivity contribution is 7.21. The van der Waals surface area contributed by atoms with Crippen molar-refractivity contribution >= 4 is 22.7 Å². The minimum absolute atomic E-state index is 0.279. The molecule has 2 aromatic heterocycles. The Kier molecular flexibility index (Phi) is 4.37. The third-order valence-electron chi connectivity index (χ3n) is 4.79. The van der Waals surface area contributed by atoms with Crippen LogP contribution in [-0.2, 0) is 6.42 Å². The molecule has 0 amide bonds. The van der Waals surface area contributed by atoms with Gasteiger partial charge in [-0.2, -0.15) is 0 Å². The number of benzene rings is 2. The standard InChI is InChI=1S/C22H18N2O2S2/c1-3-14-4-6-15(7-5-14)20-13(2)28-22(24-20)21-23-17(11-27-21)16-8-9-18-19(10-16)26-12-25-18/h4-11H,3,12H2,1-2H3. The summed E-state index contributed by atoms with van der Waals surface area (Å²) in [5.41, 5.74) is 5.49. The highest BCUT2D eigenvalue weighted by Gasteiger charge is 2.17. The van der Waals surface area contributed by atoms with E-state index in [4.69, 9.17) is 19.4 Å². The number of ether oxygens (including phenoxy) is 2. The number of rotatable bonds is 4. The zero-order chi connectivity index (χ0) is 19.1. The minimum Gasteiger partial charge on any atom is -0.454 e. The lowest BCUT2D eigenvalue weighted by Crippen LogP contribution is -1.92. The van der Waals surface area contributed by atoms with Crippen LogP contribution in [0.5, 0.6) is 11.5 Å². The predicted octanol–water partition coefficient (Wildman–Crippen LogP) is 6.20. The van der Waals surface area contributed by atoms with Crippen molar-refractivity contribution in [1.29, 1.82) is 0 Å². The van der Waals surface area contributed by atoms with Crippen molar-refractivity contribution in [2.45, 2.75) is 20.3 Å². The van der Waals surface area contributed by atoms with E-state index in [0.29, 0.717) is 0 Å². The Morgan fingerprint density at radius 2 is 1.71 bits per heavy atom. The molecule has 140 valence electrons. The van der Waals surface area contributed by atoms with Crippen LogP contribution in [0.2, 0.25) is 0 Å². The first kappa shape index (κ1) is 17.4. The van der Waals surface area contributed by atoms with Crippen LogP contribution in [-0.4, -0.2) is 16.8 Å². The van der Waals surface area contributed by atoms with Gasteiger partial charge >= 0.3 is 0 Å². The van der Waals surface area contributed by atoms with Gasteiger partial charge in [-0.05, 0) is 37.1 Å². The molecule has 0 fully saturated rings. The molecule has 5 rings (SSSR count). The van der Waals surface area contributed by atoms with Gasteiger partial charge in [0.25, 0.3) is 0 Å². The highest BCUT2D eigenvalue weighted by Crippen LogP contribution is 2.39. The third-order valence-corrected chi connectivity index (χ3v) is 6.74. The van der Waals surface area contributed by atoms with Gasteiger partial charge in [0.05, 0.1) is 11.4 Å². The topological polar surface area (TPSA) is 44.2 Å². The molecule has 4 nitrogen and oxygen atoms in total. The van der Waals surface area contributed by atoms with Crippen LogP contribution >= 0.6 is 22.7 Å². The Bertz CT molecular complexity index is 1150. The van der Waals surface area contributed by atoms with E-state index in [1.165, 1.54) is 10.4 Å². The molecule has 0 radical (unpaired) electrons. The second-order valence-electron chi connectivity index (χ2n) is 6.58. The summed E-state index contributed by atoms with van der Waals surface area (Å²) in [4.78, 5) is 10.9. The molecule has 1 aliphatic rings. The van der Waals surface area contributed by atoms with Crippen LogP contribution in [0.3, 0.4) is 0 Å². The van der Waals surface area contributed by atoms with Crippen molar-refractivity contribution in [3.63, 3.8) is 0 Å². The van der Waals surface area contributed by atoms with Gasteiger partial charge in [0.15, 0.2) is 21.5 Å². The summed E-state index contributed by atoms with van der Waals surface area (Å²) >= 11 is 3.31. The minimum atomic E-state index is 0.279. The normalized spacial score (nSPS) is 12.5. The second kappa shape index (κ2) is 7.04. The largest absolute Gasteiger partial charge is 0.454 e. The molecule has 6 heteroatoms. The number of hydrogen-bond acceptors (Lipinski definition) is 6. The molecule has 3 heterocycles. The molecule has 0 N–H and O–H groups in total. The van der Waals surface area contributed by atoms with E-state index >= 15 is 0 Å². The number of aryl methyl sites for hydroxylation is 2. The van der Waals surface area contributed by atoms with E-state index in [1.54, 1.807) is 22.7 Å². The smallest absolute Gasteiger partial charge is 0.231 e. The number of hydrogen-bond donors (Lipinski definition) is 0. The van der Waals surface area contributed by atoms with E-state index in [0.717, 1.165) is 50.4 Å². The van der Waals surface area contributed by atoms with E-state index in [-0.39, 0.29) is 6.79 Å². The summed E-state index contributed by atoms with van der Waals surface area (Å²) in [6, 6.07) is 14.6. The van der Waals surface area contributed by atoms with Crippen LogP contribution in [0.15, 0.2) is 47.8 Å². The van der Waals surface area contributed by atoms with Gasteiger partial charge < -0.3 is 9.47 Å². The second-order valence-corrected chi connectivity index (χ2v) is 8.64. The number of aromatic nitrogens is 2. The molecule has 0 unspecified atom stereocenters. The Balaban J connectivity index is 1.46. The molecule has 0 spiro atoms. The lowest BCUT2D eigenvalue weighted by atomic mass is 10.1. The summed E-state index contributed by atoms with van der Waals surface area (Å²) in [6.45, 7) is 4.57. The first-order valence-electron chi connectivity index (χ1n) is 9.14. The van der Waals surface area contributed by atoms with Gasteiger partial charge in [0, 0.05) is 21.4 Å². The van der Waals surface area contributed by atoms with E-state index in [9.17, 15) is 0 Å². The molecule has 0 bridgehead atoms. The fourth-order valence-corrected chi connectivity index (χ4v) is 5.01. The average Bonchev–Trinajstić information content (AvgIpc) is 3.46. The van der Waals surface area contributed by atoms with Crippen LogP contribution < -0.4 is 9.47 Å². The van der Waals surface area contributed by atoms with Crippen molar-refractivity contribution in [3.05, 3.63) is 58.3 Å². The van der Waals surface area contributed by atoms with Crippen molar-refractivity contribution in [2.75, 3.05) is 6.79 Å². The molecule has 2 aromatic carbocycles. The molecule has 28 heavy (non-hydrogen) atoms. The molecular formula is C22H18N2O2S2. The van der Waals surface area contributed by atoms with Gasteiger partial charge in [0.2, 0.25) is 6.79 Å². The Hall–Kier alpha value is -2.70. The van der Waals surface area contributed by atoms with Gasteiger partial charge in [-0.15, -0.1) is 22.7 Å². The van der Waals surface area contributed by atoms with E-state index in [2.05, 4.69) is 43.5 Å². The van der Waals surface area contributed by atoms with Crippen LogP contribution in [0, 0.1) is 6.92 Å². The quantitative estimate of drug-likeness (QED) is 0.405. The highest BCUT2D eigenvalue weighted by atomic mass is 32.1. The van der Waals surface area contributed by atoms with Crippen molar-refractivity contribution in [1.82, 2.24) is 9.97 Å². The monoisotopic (exact) mass is 406 g/mol. The van der Waals surface area contributed by atoms with Gasteiger partial charge in [-0.25, -0.2) is 9.97 Å². The third kappa shape index (κ3) is 3.08. The molecule has 0 aliphatic carbocycles. The number of nitrogens with zero attached hydrogens (tertiary/aromatic N) is 2. The molecule has 0 atom stereocenters. The lowest BCUT2D eigenvalue weighted by molar-refractivity contribution is 0.174. The first-order valence-corrected chi connectivity index (χ1v) is 10.8. The Labute approximate surface area is 171 Å². The molecule has 0 saturated heterocycles. The maximum atomic E-state index is 5.48. The fourth-order valence-electron chi connectivity index (χ4n) is 3.21. The van der Waals surface area contributed by atoms with Crippen molar-refractivity contribution < 1.29 is 9.47 Å². The Morgan fingerprint density at radius 3 is 2.54 bits per heavy atom. The zero-order valence-corrected chi connectivity index (χ0v) is 17.2. The van der Waals surface area contributed by atoms with Crippen molar-refractivity contribution in [2.24, 2.45) is 0 Å². The van der Waals surface area contributed by atoms with Crippen molar-refractivity contribution in [3.8, 4) is 44.0 Å². The average molecular weight is 407 g/mol. The molecule has 4 aromatic rings. The summed E-state index contributed by atoms with van der Waals surface area (Å²) < 4.78 is 10.9. The molecule has 1 aliphatic heterocycles. The van der Waals surface area contributed by atoms with E-state index < -0.39 is 0 Å². The molecule has 0 saturated carbocycles. The summed E-state index contributed by atoms with van der Waals surface area (Å²) in [6.07, 6.45) is 1.04. The zero-order valence-electron chi connectivity index (χ0n) is 15.6. The van der Waals surface area contributed by atoms with Crippen LogP contribution in [0.1, 0.15) is 17.4 Å². The van der Waals surface area contributed by atoms with E-state index in [1.807, 2.05) is 18.2 Å². The number of thiazole rings is 2.